The molecule has 29 heavy (non-hydrogen) atoms. The highest BCUT2D eigenvalue weighted by Crippen LogP contribution is 2.47. The van der Waals surface area contributed by atoms with Crippen LogP contribution in [-0.4, -0.2) is 44.1 Å². The molecular formula is C22H30N2O4S. The molecule has 158 valence electrons. The number of carbonyl (C=O) groups excluding carboxylic acids is 2. The van der Waals surface area contributed by atoms with E-state index in [1.807, 2.05) is 30.8 Å². The third-order valence-corrected chi connectivity index (χ3v) is 6.85. The molecule has 2 aliphatic rings. The number of ether oxygens (including phenoxy) is 2. The zero-order valence-electron chi connectivity index (χ0n) is 17.1. The fraction of sp³-hybridized carbons (Fsp3) is 0.545. The minimum absolute atomic E-state index is 0.0151. The maximum Gasteiger partial charge on any atom is 0.407 e. The number of benzene rings is 1. The predicted octanol–water partition coefficient (Wildman–Crippen LogP) is 3.98. The summed E-state index contributed by atoms with van der Waals surface area (Å²) in [4.78, 5) is 24.6. The molecule has 0 aromatic heterocycles. The van der Waals surface area contributed by atoms with Crippen LogP contribution in [0.1, 0.15) is 43.0 Å². The summed E-state index contributed by atoms with van der Waals surface area (Å²) in [5, 5.41) is 8.01. The summed E-state index contributed by atoms with van der Waals surface area (Å²) in [7, 11) is 1.57. The normalized spacial score (nSPS) is 26.0. The Morgan fingerprint density at radius 2 is 1.97 bits per heavy atom. The van der Waals surface area contributed by atoms with Gasteiger partial charge in [0.05, 0.1) is 12.7 Å². The SMILES string of the molecule is CCNC(=O)O[C@H]1CC[C@](CNC(=O)c2ccccc2OC)(C2C=CSC2)CC1. The highest BCUT2D eigenvalue weighted by molar-refractivity contribution is 8.02. The summed E-state index contributed by atoms with van der Waals surface area (Å²) in [5.41, 5.74) is 0.536. The lowest BCUT2D eigenvalue weighted by Gasteiger charge is -2.43. The molecule has 0 bridgehead atoms. The maximum atomic E-state index is 12.8. The van der Waals surface area contributed by atoms with E-state index in [-0.39, 0.29) is 23.5 Å². The maximum absolute atomic E-state index is 12.8. The average molecular weight is 419 g/mol. The number of methoxy groups -OCH3 is 1. The molecule has 0 spiro atoms. The van der Waals surface area contributed by atoms with Crippen molar-refractivity contribution >= 4 is 23.8 Å². The first kappa shape index (κ1) is 21.6. The van der Waals surface area contributed by atoms with Crippen LogP contribution in [0, 0.1) is 11.3 Å². The van der Waals surface area contributed by atoms with Gasteiger partial charge in [-0.2, -0.15) is 0 Å². The van der Waals surface area contributed by atoms with Gasteiger partial charge in [-0.3, -0.25) is 4.79 Å². The van der Waals surface area contributed by atoms with Gasteiger partial charge in [0.1, 0.15) is 11.9 Å². The fourth-order valence-corrected chi connectivity index (χ4v) is 5.31. The molecule has 0 radical (unpaired) electrons. The molecule has 0 saturated heterocycles. The molecule has 1 atom stereocenters. The number of carbonyl (C=O) groups is 2. The number of hydrogen-bond donors (Lipinski definition) is 2. The first-order valence-corrected chi connectivity index (χ1v) is 11.3. The lowest BCUT2D eigenvalue weighted by Crippen LogP contribution is -2.46. The van der Waals surface area contributed by atoms with E-state index in [1.54, 1.807) is 19.2 Å². The molecule has 2 amide bonds. The highest BCUT2D eigenvalue weighted by atomic mass is 32.2. The van der Waals surface area contributed by atoms with Crippen molar-refractivity contribution in [3.05, 3.63) is 41.3 Å². The number of nitrogens with one attached hydrogen (secondary N) is 2. The summed E-state index contributed by atoms with van der Waals surface area (Å²) in [6.45, 7) is 3.05. The van der Waals surface area contributed by atoms with Crippen molar-refractivity contribution in [2.45, 2.75) is 38.7 Å². The van der Waals surface area contributed by atoms with Crippen LogP contribution >= 0.6 is 11.8 Å². The van der Waals surface area contributed by atoms with E-state index in [2.05, 4.69) is 22.1 Å². The van der Waals surface area contributed by atoms with Gasteiger partial charge in [0.25, 0.3) is 5.91 Å². The summed E-state index contributed by atoms with van der Waals surface area (Å²) < 4.78 is 10.9. The van der Waals surface area contributed by atoms with Crippen LogP contribution in [0.25, 0.3) is 0 Å². The van der Waals surface area contributed by atoms with E-state index < -0.39 is 0 Å². The van der Waals surface area contributed by atoms with Gasteiger partial charge in [-0.05, 0) is 61.5 Å². The second-order valence-corrected chi connectivity index (χ2v) is 8.59. The Bertz CT molecular complexity index is 744. The van der Waals surface area contributed by atoms with Gasteiger partial charge in [0, 0.05) is 18.8 Å². The molecule has 1 aromatic rings. The minimum atomic E-state index is -0.342. The Morgan fingerprint density at radius 3 is 2.62 bits per heavy atom. The molecule has 1 aliphatic heterocycles. The number of para-hydroxylation sites is 1. The number of alkyl carbamates (subject to hydrolysis) is 1. The molecule has 6 nitrogen and oxygen atoms in total. The number of allylic oxidation sites excluding steroid dienone is 1. The van der Waals surface area contributed by atoms with E-state index in [1.165, 1.54) is 0 Å². The summed E-state index contributed by atoms with van der Waals surface area (Å²) in [6.07, 6.45) is 5.33. The van der Waals surface area contributed by atoms with Crippen molar-refractivity contribution in [3.8, 4) is 5.75 Å². The first-order valence-electron chi connectivity index (χ1n) is 10.2. The van der Waals surface area contributed by atoms with Gasteiger partial charge in [-0.1, -0.05) is 18.2 Å². The number of amides is 2. The van der Waals surface area contributed by atoms with Crippen molar-refractivity contribution in [2.75, 3.05) is 26.0 Å². The molecule has 1 unspecified atom stereocenters. The zero-order chi connectivity index (χ0) is 20.7. The molecule has 1 fully saturated rings. The predicted molar refractivity (Wildman–Crippen MR) is 115 cm³/mol. The number of thioether (sulfide) groups is 1. The van der Waals surface area contributed by atoms with E-state index in [0.29, 0.717) is 30.3 Å². The molecule has 2 N–H and O–H groups in total. The van der Waals surface area contributed by atoms with Crippen LogP contribution in [0.3, 0.4) is 0 Å². The van der Waals surface area contributed by atoms with Gasteiger partial charge >= 0.3 is 6.09 Å². The lowest BCUT2D eigenvalue weighted by molar-refractivity contribution is 0.0250. The third-order valence-electron chi connectivity index (χ3n) is 5.95. The second kappa shape index (κ2) is 10.1. The van der Waals surface area contributed by atoms with Crippen LogP contribution in [0.15, 0.2) is 35.7 Å². The molecule has 7 heteroatoms. The van der Waals surface area contributed by atoms with Gasteiger partial charge < -0.3 is 20.1 Å². The summed E-state index contributed by atoms with van der Waals surface area (Å²) >= 11 is 1.82. The van der Waals surface area contributed by atoms with Crippen molar-refractivity contribution in [1.29, 1.82) is 0 Å². The molecule has 3 rings (SSSR count). The van der Waals surface area contributed by atoms with Crippen LogP contribution in [0.2, 0.25) is 0 Å². The van der Waals surface area contributed by atoms with Crippen LogP contribution < -0.4 is 15.4 Å². The Morgan fingerprint density at radius 1 is 1.21 bits per heavy atom. The second-order valence-electron chi connectivity index (χ2n) is 7.65. The molecule has 1 aliphatic carbocycles. The largest absolute Gasteiger partial charge is 0.496 e. The first-order chi connectivity index (χ1) is 14.1. The third kappa shape index (κ3) is 5.26. The Balaban J connectivity index is 1.65. The van der Waals surface area contributed by atoms with Crippen molar-refractivity contribution in [3.63, 3.8) is 0 Å². The molecule has 1 aromatic carbocycles. The van der Waals surface area contributed by atoms with E-state index in [9.17, 15) is 9.59 Å². The van der Waals surface area contributed by atoms with E-state index in [0.717, 1.165) is 31.4 Å². The lowest BCUT2D eigenvalue weighted by atomic mass is 9.65. The smallest absolute Gasteiger partial charge is 0.407 e. The van der Waals surface area contributed by atoms with Crippen LogP contribution in [0.5, 0.6) is 5.75 Å². The summed E-state index contributed by atoms with van der Waals surface area (Å²) in [6, 6.07) is 7.27. The highest BCUT2D eigenvalue weighted by Gasteiger charge is 2.42. The van der Waals surface area contributed by atoms with Gasteiger partial charge in [0.2, 0.25) is 0 Å². The molecular weight excluding hydrogens is 388 g/mol. The fourth-order valence-electron chi connectivity index (χ4n) is 4.23. The molecule has 1 heterocycles. The summed E-state index contributed by atoms with van der Waals surface area (Å²) in [5.74, 6) is 1.91. The number of rotatable bonds is 7. The number of hydrogen-bond acceptors (Lipinski definition) is 5. The van der Waals surface area contributed by atoms with Crippen LogP contribution in [-0.2, 0) is 4.74 Å². The van der Waals surface area contributed by atoms with Gasteiger partial charge in [0.15, 0.2) is 0 Å². The van der Waals surface area contributed by atoms with Crippen molar-refractivity contribution < 1.29 is 19.1 Å². The minimum Gasteiger partial charge on any atom is -0.496 e. The van der Waals surface area contributed by atoms with Crippen LogP contribution in [0.4, 0.5) is 4.79 Å². The van der Waals surface area contributed by atoms with Crippen molar-refractivity contribution in [2.24, 2.45) is 11.3 Å². The zero-order valence-corrected chi connectivity index (χ0v) is 17.9. The standard InChI is InChI=1S/C22H30N2O4S/c1-3-23-21(26)28-17-8-11-22(12-9-17,16-10-13-29-14-16)15-24-20(25)18-6-4-5-7-19(18)27-2/h4-7,10,13,16-17H,3,8-9,11-12,14-15H2,1-2H3,(H,23,26)(H,24,25)/t16?,17-,22-. The monoisotopic (exact) mass is 418 g/mol. The Kier molecular flexibility index (Phi) is 7.47. The van der Waals surface area contributed by atoms with E-state index in [4.69, 9.17) is 9.47 Å². The van der Waals surface area contributed by atoms with Gasteiger partial charge in [-0.15, -0.1) is 11.8 Å². The van der Waals surface area contributed by atoms with Gasteiger partial charge in [-0.25, -0.2) is 4.79 Å². The average Bonchev–Trinajstić information content (AvgIpc) is 3.29. The van der Waals surface area contributed by atoms with E-state index >= 15 is 0 Å². The quantitative estimate of drug-likeness (QED) is 0.701. The Labute approximate surface area is 176 Å². The molecule has 1 saturated carbocycles. The Hall–Kier alpha value is -2.15. The van der Waals surface area contributed by atoms with Crippen molar-refractivity contribution in [1.82, 2.24) is 10.6 Å². The topological polar surface area (TPSA) is 76.7 Å².